The van der Waals surface area contributed by atoms with Crippen LogP contribution in [0.25, 0.3) is 0 Å². The van der Waals surface area contributed by atoms with Gasteiger partial charge in [-0.1, -0.05) is 20.3 Å². The summed E-state index contributed by atoms with van der Waals surface area (Å²) in [7, 11) is 0. The summed E-state index contributed by atoms with van der Waals surface area (Å²) in [6.45, 7) is 6.17. The predicted molar refractivity (Wildman–Crippen MR) is 69.5 cm³/mol. The number of fused-ring (bicyclic) bond motifs is 2. The van der Waals surface area contributed by atoms with Crippen molar-refractivity contribution in [2.45, 2.75) is 52.0 Å². The van der Waals surface area contributed by atoms with Crippen LogP contribution in [0, 0.1) is 17.8 Å². The van der Waals surface area contributed by atoms with Crippen LogP contribution in [0.5, 0.6) is 0 Å². The van der Waals surface area contributed by atoms with Gasteiger partial charge >= 0.3 is 0 Å². The zero-order valence-electron chi connectivity index (χ0n) is 11.2. The number of nitrogens with zero attached hydrogens (tertiary/aromatic N) is 1. The Morgan fingerprint density at radius 1 is 1.29 bits per heavy atom. The second kappa shape index (κ2) is 5.38. The summed E-state index contributed by atoms with van der Waals surface area (Å²) in [4.78, 5) is 14.3. The molecule has 3 nitrogen and oxygen atoms in total. The van der Waals surface area contributed by atoms with Crippen molar-refractivity contribution >= 4 is 5.91 Å². The van der Waals surface area contributed by atoms with Crippen molar-refractivity contribution in [3.8, 4) is 0 Å². The molecule has 0 aromatic heterocycles. The van der Waals surface area contributed by atoms with Gasteiger partial charge in [0.15, 0.2) is 0 Å². The minimum atomic E-state index is -0.283. The molecule has 0 radical (unpaired) electrons. The quantitative estimate of drug-likeness (QED) is 0.817. The molecule has 0 spiro atoms. The lowest BCUT2D eigenvalue weighted by Crippen LogP contribution is -2.51. The molecular formula is C14H26N2O. The maximum atomic E-state index is 12.3. The van der Waals surface area contributed by atoms with E-state index in [0.717, 1.165) is 31.3 Å². The van der Waals surface area contributed by atoms with Gasteiger partial charge in [-0.25, -0.2) is 0 Å². The Labute approximate surface area is 105 Å². The molecule has 2 fully saturated rings. The van der Waals surface area contributed by atoms with Crippen LogP contribution < -0.4 is 5.73 Å². The summed E-state index contributed by atoms with van der Waals surface area (Å²) in [5, 5.41) is 0. The van der Waals surface area contributed by atoms with Crippen LogP contribution in [-0.2, 0) is 4.79 Å². The number of rotatable bonds is 3. The molecule has 1 aliphatic carbocycles. The Morgan fingerprint density at radius 2 is 1.88 bits per heavy atom. The molecule has 1 amide bonds. The Balaban J connectivity index is 1.91. The third kappa shape index (κ3) is 3.21. The second-order valence-electron chi connectivity index (χ2n) is 6.38. The third-order valence-electron chi connectivity index (χ3n) is 4.20. The molecule has 17 heavy (non-hydrogen) atoms. The minimum Gasteiger partial charge on any atom is -0.341 e. The van der Waals surface area contributed by atoms with Crippen LogP contribution in [0.1, 0.15) is 46.0 Å². The van der Waals surface area contributed by atoms with Crippen molar-refractivity contribution in [2.24, 2.45) is 23.5 Å². The molecule has 1 aliphatic heterocycles. The number of hydrogen-bond donors (Lipinski definition) is 1. The highest BCUT2D eigenvalue weighted by atomic mass is 16.2. The van der Waals surface area contributed by atoms with E-state index in [1.54, 1.807) is 0 Å². The zero-order valence-corrected chi connectivity index (χ0v) is 11.2. The fourth-order valence-electron chi connectivity index (χ4n) is 3.45. The first-order valence-electron chi connectivity index (χ1n) is 7.10. The number of piperidine rings is 1. The van der Waals surface area contributed by atoms with Crippen molar-refractivity contribution in [3.63, 3.8) is 0 Å². The van der Waals surface area contributed by atoms with E-state index >= 15 is 0 Å². The van der Waals surface area contributed by atoms with Gasteiger partial charge in [0.1, 0.15) is 0 Å². The van der Waals surface area contributed by atoms with Crippen molar-refractivity contribution in [3.05, 3.63) is 0 Å². The number of nitrogens with two attached hydrogens (primary N) is 1. The predicted octanol–water partition coefficient (Wildman–Crippen LogP) is 2.01. The first kappa shape index (κ1) is 12.9. The van der Waals surface area contributed by atoms with E-state index in [4.69, 9.17) is 5.73 Å². The monoisotopic (exact) mass is 238 g/mol. The van der Waals surface area contributed by atoms with Crippen LogP contribution in [0.15, 0.2) is 0 Å². The average molecular weight is 238 g/mol. The van der Waals surface area contributed by atoms with Gasteiger partial charge in [0.2, 0.25) is 5.91 Å². The van der Waals surface area contributed by atoms with E-state index < -0.39 is 0 Å². The summed E-state index contributed by atoms with van der Waals surface area (Å²) in [6.07, 6.45) is 6.11. The molecule has 1 saturated carbocycles. The molecule has 3 unspecified atom stereocenters. The summed E-state index contributed by atoms with van der Waals surface area (Å²) in [5.74, 6) is 2.18. The van der Waals surface area contributed by atoms with E-state index in [9.17, 15) is 4.79 Å². The number of amides is 1. The van der Waals surface area contributed by atoms with Crippen molar-refractivity contribution < 1.29 is 4.79 Å². The molecule has 2 N–H and O–H groups in total. The van der Waals surface area contributed by atoms with E-state index in [0.29, 0.717) is 5.92 Å². The fourth-order valence-corrected chi connectivity index (χ4v) is 3.45. The molecule has 1 heterocycles. The van der Waals surface area contributed by atoms with Gasteiger partial charge in [-0.2, -0.15) is 0 Å². The van der Waals surface area contributed by atoms with Gasteiger partial charge in [-0.05, 0) is 43.4 Å². The number of carbonyl (C=O) groups excluding carboxylic acids is 1. The molecule has 98 valence electrons. The molecule has 0 aromatic carbocycles. The lowest BCUT2D eigenvalue weighted by atomic mass is 9.78. The molecule has 2 aliphatic rings. The second-order valence-corrected chi connectivity index (χ2v) is 6.38. The number of carbonyl (C=O) groups is 1. The molecule has 0 aromatic rings. The smallest absolute Gasteiger partial charge is 0.239 e. The van der Waals surface area contributed by atoms with Crippen LogP contribution in [0.2, 0.25) is 0 Å². The van der Waals surface area contributed by atoms with Gasteiger partial charge in [0.05, 0.1) is 6.04 Å². The van der Waals surface area contributed by atoms with Gasteiger partial charge < -0.3 is 10.6 Å². The zero-order chi connectivity index (χ0) is 12.4. The summed E-state index contributed by atoms with van der Waals surface area (Å²) < 4.78 is 0. The van der Waals surface area contributed by atoms with Crippen LogP contribution in [0.3, 0.4) is 0 Å². The minimum absolute atomic E-state index is 0.190. The summed E-state index contributed by atoms with van der Waals surface area (Å²) in [5.41, 5.74) is 6.01. The van der Waals surface area contributed by atoms with Crippen LogP contribution in [-0.4, -0.2) is 29.9 Å². The molecular weight excluding hydrogens is 212 g/mol. The fraction of sp³-hybridized carbons (Fsp3) is 0.929. The first-order chi connectivity index (χ1) is 8.06. The normalized spacial score (nSPS) is 30.5. The topological polar surface area (TPSA) is 46.3 Å². The van der Waals surface area contributed by atoms with Crippen LogP contribution >= 0.6 is 0 Å². The maximum absolute atomic E-state index is 12.3. The lowest BCUT2D eigenvalue weighted by Gasteiger charge is -2.42. The van der Waals surface area contributed by atoms with E-state index in [1.165, 1.54) is 25.7 Å². The van der Waals surface area contributed by atoms with Gasteiger partial charge in [-0.3, -0.25) is 4.79 Å². The van der Waals surface area contributed by atoms with Gasteiger partial charge in [0.25, 0.3) is 0 Å². The molecule has 3 heteroatoms. The number of likely N-dealkylation sites (tertiary alicyclic amines) is 1. The van der Waals surface area contributed by atoms with E-state index in [-0.39, 0.29) is 11.9 Å². The molecule has 2 rings (SSSR count). The SMILES string of the molecule is CC(C)CC(N)C(=O)N1CC2CCCC(C2)C1. The van der Waals surface area contributed by atoms with Gasteiger partial charge in [-0.15, -0.1) is 0 Å². The average Bonchev–Trinajstić information content (AvgIpc) is 2.26. The van der Waals surface area contributed by atoms with Crippen molar-refractivity contribution in [1.82, 2.24) is 4.90 Å². The molecule has 2 bridgehead atoms. The summed E-state index contributed by atoms with van der Waals surface area (Å²) in [6, 6.07) is -0.283. The largest absolute Gasteiger partial charge is 0.341 e. The van der Waals surface area contributed by atoms with Crippen molar-refractivity contribution in [2.75, 3.05) is 13.1 Å². The molecule has 3 atom stereocenters. The van der Waals surface area contributed by atoms with E-state index in [2.05, 4.69) is 13.8 Å². The Bertz CT molecular complexity index is 265. The van der Waals surface area contributed by atoms with Crippen molar-refractivity contribution in [1.29, 1.82) is 0 Å². The standard InChI is InChI=1S/C14H26N2O/c1-10(2)6-13(15)14(17)16-8-11-4-3-5-12(7-11)9-16/h10-13H,3-9,15H2,1-2H3. The highest BCUT2D eigenvalue weighted by molar-refractivity contribution is 5.81. The van der Waals surface area contributed by atoms with Crippen LogP contribution in [0.4, 0.5) is 0 Å². The lowest BCUT2D eigenvalue weighted by molar-refractivity contribution is -0.136. The highest BCUT2D eigenvalue weighted by Gasteiger charge is 2.34. The van der Waals surface area contributed by atoms with E-state index in [1.807, 2.05) is 4.90 Å². The molecule has 1 saturated heterocycles. The third-order valence-corrected chi connectivity index (χ3v) is 4.20. The summed E-state index contributed by atoms with van der Waals surface area (Å²) >= 11 is 0. The van der Waals surface area contributed by atoms with Gasteiger partial charge in [0, 0.05) is 13.1 Å². The highest BCUT2D eigenvalue weighted by Crippen LogP contribution is 2.34. The Morgan fingerprint density at radius 3 is 2.41 bits per heavy atom. The number of hydrogen-bond acceptors (Lipinski definition) is 2. The Hall–Kier alpha value is -0.570. The first-order valence-corrected chi connectivity index (χ1v) is 7.10. The Kier molecular flexibility index (Phi) is 4.08. The maximum Gasteiger partial charge on any atom is 0.239 e.